The number of piperidine rings is 1. The van der Waals surface area contributed by atoms with Gasteiger partial charge in [-0.2, -0.15) is 0 Å². The molecule has 2 aliphatic rings. The largest absolute Gasteiger partial charge is 0.497 e. The van der Waals surface area contributed by atoms with Crippen molar-refractivity contribution in [1.29, 1.82) is 0 Å². The fourth-order valence-electron chi connectivity index (χ4n) is 3.38. The summed E-state index contributed by atoms with van der Waals surface area (Å²) >= 11 is 0. The van der Waals surface area contributed by atoms with Crippen molar-refractivity contribution in [2.45, 2.75) is 51.2 Å². The fraction of sp³-hybridized carbons (Fsp3) is 0.688. The lowest BCUT2D eigenvalue weighted by molar-refractivity contribution is 0.0610. The van der Waals surface area contributed by atoms with Gasteiger partial charge in [0, 0.05) is 37.9 Å². The van der Waals surface area contributed by atoms with Crippen LogP contribution in [0.4, 0.5) is 0 Å². The highest BCUT2D eigenvalue weighted by atomic mass is 16.5. The maximum absolute atomic E-state index is 5.71. The maximum atomic E-state index is 5.71. The molecule has 0 spiro atoms. The van der Waals surface area contributed by atoms with E-state index in [2.05, 4.69) is 33.6 Å². The molecule has 2 atom stereocenters. The number of aryl methyl sites for hydroxylation is 1. The molecule has 1 aromatic rings. The number of rotatable bonds is 4. The Morgan fingerprint density at radius 2 is 2.35 bits per heavy atom. The van der Waals surface area contributed by atoms with E-state index in [0.717, 1.165) is 32.4 Å². The van der Waals surface area contributed by atoms with Gasteiger partial charge in [-0.05, 0) is 38.3 Å². The van der Waals surface area contributed by atoms with Gasteiger partial charge in [0.05, 0.1) is 6.26 Å². The van der Waals surface area contributed by atoms with E-state index in [4.69, 9.17) is 4.74 Å². The molecule has 0 bridgehead atoms. The zero-order valence-electron chi connectivity index (χ0n) is 12.4. The van der Waals surface area contributed by atoms with Crippen LogP contribution in [0.3, 0.4) is 0 Å². The average Bonchev–Trinajstić information content (AvgIpc) is 2.97. The first kappa shape index (κ1) is 13.7. The first-order valence-corrected chi connectivity index (χ1v) is 7.91. The quantitative estimate of drug-likeness (QED) is 0.846. The summed E-state index contributed by atoms with van der Waals surface area (Å²) in [6.07, 6.45) is 14.3. The van der Waals surface area contributed by atoms with Gasteiger partial charge in [0.25, 0.3) is 0 Å². The van der Waals surface area contributed by atoms with Gasteiger partial charge in [-0.3, -0.25) is 4.90 Å². The van der Waals surface area contributed by atoms with Crippen LogP contribution in [-0.4, -0.2) is 40.2 Å². The second kappa shape index (κ2) is 6.44. The minimum absolute atomic E-state index is 0.382. The molecule has 110 valence electrons. The predicted molar refractivity (Wildman–Crippen MR) is 79.6 cm³/mol. The Morgan fingerprint density at radius 3 is 3.15 bits per heavy atom. The van der Waals surface area contributed by atoms with Crippen LogP contribution in [0.1, 0.15) is 44.5 Å². The summed E-state index contributed by atoms with van der Waals surface area (Å²) in [5.41, 5.74) is 0. The molecule has 1 saturated heterocycles. The number of allylic oxidation sites excluding steroid dienone is 1. The molecule has 20 heavy (non-hydrogen) atoms. The summed E-state index contributed by atoms with van der Waals surface area (Å²) in [7, 11) is 0. The topological polar surface area (TPSA) is 30.3 Å². The molecule has 0 radical (unpaired) electrons. The lowest BCUT2D eigenvalue weighted by Crippen LogP contribution is -2.41. The molecule has 3 rings (SSSR count). The van der Waals surface area contributed by atoms with Crippen LogP contribution in [0.5, 0.6) is 0 Å². The average molecular weight is 275 g/mol. The number of hydrogen-bond acceptors (Lipinski definition) is 3. The van der Waals surface area contributed by atoms with Gasteiger partial charge in [0.2, 0.25) is 0 Å². The van der Waals surface area contributed by atoms with Crippen molar-refractivity contribution in [1.82, 2.24) is 14.5 Å². The van der Waals surface area contributed by atoms with Crippen molar-refractivity contribution in [2.75, 3.05) is 19.6 Å². The highest BCUT2D eigenvalue weighted by Gasteiger charge is 2.25. The molecule has 0 aliphatic carbocycles. The first-order chi connectivity index (χ1) is 9.86. The smallest absolute Gasteiger partial charge is 0.111 e. The molecule has 1 aromatic heterocycles. The monoisotopic (exact) mass is 275 g/mol. The van der Waals surface area contributed by atoms with E-state index < -0.39 is 0 Å². The second-order valence-corrected chi connectivity index (χ2v) is 5.87. The molecule has 2 aliphatic heterocycles. The minimum Gasteiger partial charge on any atom is -0.497 e. The summed E-state index contributed by atoms with van der Waals surface area (Å²) in [5.74, 6) is 1.22. The van der Waals surface area contributed by atoms with Gasteiger partial charge >= 0.3 is 0 Å². The standard InChI is InChI=1S/C16H25N3O/c1-2-16-17-8-10-19(16)14-6-5-9-18(12-14)13-15-7-3-4-11-20-15/h4,8,10-11,14-15H,2-3,5-7,9,12-13H2,1H3/t14-,15-/m1/s1. The van der Waals surface area contributed by atoms with E-state index in [-0.39, 0.29) is 0 Å². The van der Waals surface area contributed by atoms with Crippen LogP contribution in [0, 0.1) is 0 Å². The van der Waals surface area contributed by atoms with Gasteiger partial charge in [-0.25, -0.2) is 4.98 Å². The van der Waals surface area contributed by atoms with E-state index in [9.17, 15) is 0 Å². The SMILES string of the molecule is CCc1nccn1[C@@H]1CCCN(C[C@H]2CCC=CO2)C1. The molecular weight excluding hydrogens is 250 g/mol. The number of aromatic nitrogens is 2. The summed E-state index contributed by atoms with van der Waals surface area (Å²) in [6.45, 7) is 5.59. The van der Waals surface area contributed by atoms with E-state index in [0.29, 0.717) is 12.1 Å². The van der Waals surface area contributed by atoms with Crippen molar-refractivity contribution < 1.29 is 4.74 Å². The van der Waals surface area contributed by atoms with E-state index >= 15 is 0 Å². The Kier molecular flexibility index (Phi) is 4.41. The minimum atomic E-state index is 0.382. The van der Waals surface area contributed by atoms with Gasteiger partial charge in [-0.1, -0.05) is 6.92 Å². The number of hydrogen-bond donors (Lipinski definition) is 0. The molecule has 0 aromatic carbocycles. The molecule has 4 heteroatoms. The Bertz CT molecular complexity index is 454. The number of ether oxygens (including phenoxy) is 1. The second-order valence-electron chi connectivity index (χ2n) is 5.87. The van der Waals surface area contributed by atoms with Gasteiger partial charge < -0.3 is 9.30 Å². The van der Waals surface area contributed by atoms with E-state index in [1.165, 1.54) is 25.2 Å². The van der Waals surface area contributed by atoms with Crippen molar-refractivity contribution in [3.05, 3.63) is 30.6 Å². The maximum Gasteiger partial charge on any atom is 0.111 e. The van der Waals surface area contributed by atoms with Crippen LogP contribution in [0.25, 0.3) is 0 Å². The fourth-order valence-corrected chi connectivity index (χ4v) is 3.38. The van der Waals surface area contributed by atoms with Gasteiger partial charge in [0.15, 0.2) is 0 Å². The molecule has 0 saturated carbocycles. The Labute approximate surface area is 121 Å². The Balaban J connectivity index is 1.60. The van der Waals surface area contributed by atoms with E-state index in [1.807, 2.05) is 12.5 Å². The van der Waals surface area contributed by atoms with Gasteiger partial charge in [-0.15, -0.1) is 0 Å². The summed E-state index contributed by atoms with van der Waals surface area (Å²) in [4.78, 5) is 7.03. The summed E-state index contributed by atoms with van der Waals surface area (Å²) < 4.78 is 8.09. The van der Waals surface area contributed by atoms with E-state index in [1.54, 1.807) is 0 Å². The zero-order chi connectivity index (χ0) is 13.8. The highest BCUT2D eigenvalue weighted by molar-refractivity contribution is 4.97. The highest BCUT2D eigenvalue weighted by Crippen LogP contribution is 2.24. The predicted octanol–water partition coefficient (Wildman–Crippen LogP) is 2.78. The molecule has 0 amide bonds. The van der Waals surface area contributed by atoms with Crippen LogP contribution in [0.15, 0.2) is 24.7 Å². The van der Waals surface area contributed by atoms with Gasteiger partial charge in [0.1, 0.15) is 11.9 Å². The zero-order valence-corrected chi connectivity index (χ0v) is 12.4. The Hall–Kier alpha value is -1.29. The third-order valence-corrected chi connectivity index (χ3v) is 4.42. The van der Waals surface area contributed by atoms with Crippen molar-refractivity contribution in [3.63, 3.8) is 0 Å². The number of likely N-dealkylation sites (tertiary alicyclic amines) is 1. The van der Waals surface area contributed by atoms with Crippen LogP contribution in [0.2, 0.25) is 0 Å². The molecular formula is C16H25N3O. The summed E-state index contributed by atoms with van der Waals surface area (Å²) in [6, 6.07) is 0.584. The Morgan fingerprint density at radius 1 is 1.40 bits per heavy atom. The van der Waals surface area contributed by atoms with Crippen LogP contribution < -0.4 is 0 Å². The molecule has 4 nitrogen and oxygen atoms in total. The molecule has 1 fully saturated rings. The first-order valence-electron chi connectivity index (χ1n) is 7.91. The molecule has 0 unspecified atom stereocenters. The van der Waals surface area contributed by atoms with Crippen molar-refractivity contribution in [3.8, 4) is 0 Å². The third kappa shape index (κ3) is 3.06. The van der Waals surface area contributed by atoms with Crippen LogP contribution in [-0.2, 0) is 11.2 Å². The van der Waals surface area contributed by atoms with Crippen molar-refractivity contribution >= 4 is 0 Å². The normalized spacial score (nSPS) is 27.4. The summed E-state index contributed by atoms with van der Waals surface area (Å²) in [5, 5.41) is 0. The number of nitrogens with zero attached hydrogens (tertiary/aromatic N) is 3. The third-order valence-electron chi connectivity index (χ3n) is 4.42. The molecule has 3 heterocycles. The lowest BCUT2D eigenvalue weighted by Gasteiger charge is -2.36. The van der Waals surface area contributed by atoms with Crippen LogP contribution >= 0.6 is 0 Å². The molecule has 0 N–H and O–H groups in total. The lowest BCUT2D eigenvalue weighted by atomic mass is 10.0. The van der Waals surface area contributed by atoms with Crippen molar-refractivity contribution in [2.24, 2.45) is 0 Å². The number of imidazole rings is 1.